The summed E-state index contributed by atoms with van der Waals surface area (Å²) in [5, 5.41) is 2.89. The van der Waals surface area contributed by atoms with E-state index in [1.165, 1.54) is 26.2 Å². The first-order valence-electron chi connectivity index (χ1n) is 7.71. The summed E-state index contributed by atoms with van der Waals surface area (Å²) in [7, 11) is 0. The fourth-order valence-electron chi connectivity index (χ4n) is 2.75. The van der Waals surface area contributed by atoms with E-state index in [9.17, 15) is 9.59 Å². The lowest BCUT2D eigenvalue weighted by atomic mass is 10.0. The van der Waals surface area contributed by atoms with Crippen LogP contribution in [0, 0.1) is 0 Å². The number of carbonyl (C=O) groups excluding carboxylic acids is 2. The van der Waals surface area contributed by atoms with E-state index in [2.05, 4.69) is 17.1 Å². The summed E-state index contributed by atoms with van der Waals surface area (Å²) in [5.74, 6) is 0.0651. The number of hydrogen-bond acceptors (Lipinski definition) is 3. The minimum atomic E-state index is 0.0309. The molecule has 1 amide bonds. The van der Waals surface area contributed by atoms with Crippen molar-refractivity contribution in [2.45, 2.75) is 45.6 Å². The van der Waals surface area contributed by atoms with Gasteiger partial charge in [0.15, 0.2) is 5.78 Å². The van der Waals surface area contributed by atoms with E-state index in [0.717, 1.165) is 18.8 Å². The molecule has 0 bridgehead atoms. The van der Waals surface area contributed by atoms with Crippen LogP contribution in [0.2, 0.25) is 0 Å². The van der Waals surface area contributed by atoms with Gasteiger partial charge in [-0.05, 0) is 57.5 Å². The molecule has 4 nitrogen and oxygen atoms in total. The van der Waals surface area contributed by atoms with Gasteiger partial charge in [-0.3, -0.25) is 9.59 Å². The molecule has 1 aliphatic heterocycles. The van der Waals surface area contributed by atoms with Crippen LogP contribution in [0.15, 0.2) is 24.3 Å². The number of piperidine rings is 1. The molecule has 114 valence electrons. The zero-order valence-corrected chi connectivity index (χ0v) is 12.9. The minimum Gasteiger partial charge on any atom is -0.326 e. The van der Waals surface area contributed by atoms with Crippen molar-refractivity contribution in [3.63, 3.8) is 0 Å². The number of nitrogens with zero attached hydrogens (tertiary/aromatic N) is 1. The van der Waals surface area contributed by atoms with Crippen LogP contribution in [0.1, 0.15) is 49.9 Å². The van der Waals surface area contributed by atoms with Crippen molar-refractivity contribution in [3.05, 3.63) is 29.8 Å². The third-order valence-electron chi connectivity index (χ3n) is 4.14. The van der Waals surface area contributed by atoms with Crippen molar-refractivity contribution in [2.75, 3.05) is 18.4 Å². The number of ketones is 1. The monoisotopic (exact) mass is 288 g/mol. The number of anilines is 1. The zero-order valence-electron chi connectivity index (χ0n) is 12.9. The van der Waals surface area contributed by atoms with Crippen LogP contribution >= 0.6 is 0 Å². The maximum atomic E-state index is 12.0. The molecule has 1 aliphatic rings. The Morgan fingerprint density at radius 1 is 1.24 bits per heavy atom. The summed E-state index contributed by atoms with van der Waals surface area (Å²) in [6.07, 6.45) is 4.28. The largest absolute Gasteiger partial charge is 0.326 e. The summed E-state index contributed by atoms with van der Waals surface area (Å²) in [6.45, 7) is 5.69. The molecule has 1 aromatic carbocycles. The van der Waals surface area contributed by atoms with E-state index in [-0.39, 0.29) is 11.7 Å². The van der Waals surface area contributed by atoms with Crippen molar-refractivity contribution in [1.29, 1.82) is 0 Å². The average molecular weight is 288 g/mol. The smallest absolute Gasteiger partial charge is 0.225 e. The Bertz CT molecular complexity index is 496. The van der Waals surface area contributed by atoms with E-state index in [1.807, 2.05) is 0 Å². The minimum absolute atomic E-state index is 0.0309. The third kappa shape index (κ3) is 4.67. The van der Waals surface area contributed by atoms with Crippen LogP contribution in [0.4, 0.5) is 5.69 Å². The standard InChI is InChI=1S/C17H24N2O2/c1-13-5-3-4-11-19(13)12-10-17(21)18-16-8-6-15(7-9-16)14(2)20/h6-9,13H,3-5,10-12H2,1-2H3,(H,18,21)/t13-/m1/s1. The average Bonchev–Trinajstić information content (AvgIpc) is 2.47. The molecule has 0 saturated carbocycles. The molecule has 1 N–H and O–H groups in total. The number of hydrogen-bond donors (Lipinski definition) is 1. The van der Waals surface area contributed by atoms with E-state index in [4.69, 9.17) is 0 Å². The first-order chi connectivity index (χ1) is 10.1. The Balaban J connectivity index is 1.80. The van der Waals surface area contributed by atoms with Crippen LogP contribution in [-0.2, 0) is 4.79 Å². The van der Waals surface area contributed by atoms with Gasteiger partial charge in [0.2, 0.25) is 5.91 Å². The first-order valence-corrected chi connectivity index (χ1v) is 7.71. The highest BCUT2D eigenvalue weighted by Gasteiger charge is 2.18. The van der Waals surface area contributed by atoms with Gasteiger partial charge in [0, 0.05) is 30.3 Å². The Hall–Kier alpha value is -1.68. The van der Waals surface area contributed by atoms with E-state index in [1.54, 1.807) is 24.3 Å². The van der Waals surface area contributed by atoms with Gasteiger partial charge >= 0.3 is 0 Å². The van der Waals surface area contributed by atoms with Gasteiger partial charge < -0.3 is 10.2 Å². The molecule has 0 radical (unpaired) electrons. The molecule has 1 saturated heterocycles. The highest BCUT2D eigenvalue weighted by molar-refractivity contribution is 5.95. The maximum absolute atomic E-state index is 12.0. The second-order valence-corrected chi connectivity index (χ2v) is 5.81. The Labute approximate surface area is 126 Å². The number of amides is 1. The predicted octanol–water partition coefficient (Wildman–Crippen LogP) is 3.09. The van der Waals surface area contributed by atoms with Gasteiger partial charge in [0.25, 0.3) is 0 Å². The number of rotatable bonds is 5. The summed E-state index contributed by atoms with van der Waals surface area (Å²) in [4.78, 5) is 25.6. The highest BCUT2D eigenvalue weighted by atomic mass is 16.1. The number of likely N-dealkylation sites (tertiary alicyclic amines) is 1. The molecule has 0 spiro atoms. The third-order valence-corrected chi connectivity index (χ3v) is 4.14. The van der Waals surface area contributed by atoms with Crippen LogP contribution in [0.3, 0.4) is 0 Å². The summed E-state index contributed by atoms with van der Waals surface area (Å²) < 4.78 is 0. The molecule has 1 fully saturated rings. The lowest BCUT2D eigenvalue weighted by Crippen LogP contribution is -2.39. The molecule has 1 heterocycles. The van der Waals surface area contributed by atoms with Crippen molar-refractivity contribution in [3.8, 4) is 0 Å². The first kappa shape index (κ1) is 15.7. The van der Waals surface area contributed by atoms with Gasteiger partial charge in [0.05, 0.1) is 0 Å². The normalized spacial score (nSPS) is 19.2. The SMILES string of the molecule is CC(=O)c1ccc(NC(=O)CCN2CCCC[C@H]2C)cc1. The van der Waals surface area contributed by atoms with Gasteiger partial charge in [-0.1, -0.05) is 6.42 Å². The fourth-order valence-corrected chi connectivity index (χ4v) is 2.75. The van der Waals surface area contributed by atoms with Crippen LogP contribution in [0.25, 0.3) is 0 Å². The quantitative estimate of drug-likeness (QED) is 0.847. The van der Waals surface area contributed by atoms with Gasteiger partial charge in [-0.25, -0.2) is 0 Å². The van der Waals surface area contributed by atoms with E-state index < -0.39 is 0 Å². The lowest BCUT2D eigenvalue weighted by molar-refractivity contribution is -0.116. The Morgan fingerprint density at radius 3 is 2.57 bits per heavy atom. The summed E-state index contributed by atoms with van der Waals surface area (Å²) in [5.41, 5.74) is 1.41. The number of carbonyl (C=O) groups is 2. The number of Topliss-reactive ketones (excluding diaryl/α,β-unsaturated/α-hetero) is 1. The van der Waals surface area contributed by atoms with Crippen LogP contribution in [-0.4, -0.2) is 35.7 Å². The van der Waals surface area contributed by atoms with Crippen molar-refractivity contribution in [2.24, 2.45) is 0 Å². The summed E-state index contributed by atoms with van der Waals surface area (Å²) in [6, 6.07) is 7.62. The molecule has 2 rings (SSSR count). The van der Waals surface area contributed by atoms with Gasteiger partial charge in [0.1, 0.15) is 0 Å². The van der Waals surface area contributed by atoms with Crippen LogP contribution in [0.5, 0.6) is 0 Å². The number of nitrogens with one attached hydrogen (secondary N) is 1. The van der Waals surface area contributed by atoms with Crippen LogP contribution < -0.4 is 5.32 Å². The summed E-state index contributed by atoms with van der Waals surface area (Å²) >= 11 is 0. The molecule has 1 atom stereocenters. The second-order valence-electron chi connectivity index (χ2n) is 5.81. The molecule has 1 aromatic rings. The maximum Gasteiger partial charge on any atom is 0.225 e. The molecule has 4 heteroatoms. The van der Waals surface area contributed by atoms with Gasteiger partial charge in [-0.2, -0.15) is 0 Å². The highest BCUT2D eigenvalue weighted by Crippen LogP contribution is 2.16. The molecular formula is C17H24N2O2. The van der Waals surface area contributed by atoms with Gasteiger partial charge in [-0.15, -0.1) is 0 Å². The fraction of sp³-hybridized carbons (Fsp3) is 0.529. The molecule has 21 heavy (non-hydrogen) atoms. The lowest BCUT2D eigenvalue weighted by Gasteiger charge is -2.33. The van der Waals surface area contributed by atoms with E-state index in [0.29, 0.717) is 18.0 Å². The number of benzene rings is 1. The molecular weight excluding hydrogens is 264 g/mol. The molecule has 0 aromatic heterocycles. The molecule has 0 aliphatic carbocycles. The second kappa shape index (κ2) is 7.36. The van der Waals surface area contributed by atoms with Crippen molar-refractivity contribution in [1.82, 2.24) is 4.90 Å². The van der Waals surface area contributed by atoms with E-state index >= 15 is 0 Å². The van der Waals surface area contributed by atoms with Crippen molar-refractivity contribution < 1.29 is 9.59 Å². The Kier molecular flexibility index (Phi) is 5.51. The Morgan fingerprint density at radius 2 is 1.95 bits per heavy atom. The predicted molar refractivity (Wildman–Crippen MR) is 84.6 cm³/mol. The molecule has 0 unspecified atom stereocenters. The zero-order chi connectivity index (χ0) is 15.2. The van der Waals surface area contributed by atoms with Crippen molar-refractivity contribution >= 4 is 17.4 Å². The topological polar surface area (TPSA) is 49.4 Å².